The number of ether oxygens (including phenoxy) is 1. The molecule has 2 heteroatoms. The van der Waals surface area contributed by atoms with Gasteiger partial charge in [-0.05, 0) is 12.8 Å². The van der Waals surface area contributed by atoms with Crippen LogP contribution >= 0.6 is 0 Å². The van der Waals surface area contributed by atoms with E-state index in [9.17, 15) is 4.79 Å². The number of Topliss-reactive ketones (excluding diaryl/α,β-unsaturated/α-hetero) is 1. The standard InChI is InChI=1S/C10H14O2/c1-8-7-12-10(6-9(8)11)4-2-3-5-10/h1-7H2. The number of carbonyl (C=O) groups excluding carboxylic acids is 1. The molecule has 0 unspecified atom stereocenters. The fourth-order valence-corrected chi connectivity index (χ4v) is 2.13. The molecule has 0 atom stereocenters. The third-order valence-corrected chi connectivity index (χ3v) is 2.94. The highest BCUT2D eigenvalue weighted by Gasteiger charge is 2.40. The van der Waals surface area contributed by atoms with Crippen molar-refractivity contribution in [2.24, 2.45) is 0 Å². The van der Waals surface area contributed by atoms with Gasteiger partial charge >= 0.3 is 0 Å². The van der Waals surface area contributed by atoms with Crippen LogP contribution in [0.2, 0.25) is 0 Å². The summed E-state index contributed by atoms with van der Waals surface area (Å²) < 4.78 is 5.69. The van der Waals surface area contributed by atoms with E-state index in [2.05, 4.69) is 6.58 Å². The summed E-state index contributed by atoms with van der Waals surface area (Å²) in [5, 5.41) is 0. The summed E-state index contributed by atoms with van der Waals surface area (Å²) in [5.74, 6) is 0.211. The minimum atomic E-state index is -0.0850. The van der Waals surface area contributed by atoms with Gasteiger partial charge in [-0.2, -0.15) is 0 Å². The third-order valence-electron chi connectivity index (χ3n) is 2.94. The Bertz CT molecular complexity index is 224. The zero-order valence-electron chi connectivity index (χ0n) is 7.27. The molecule has 0 aromatic carbocycles. The molecule has 0 aromatic heterocycles. The van der Waals surface area contributed by atoms with Crippen molar-refractivity contribution < 1.29 is 9.53 Å². The first-order valence-electron chi connectivity index (χ1n) is 4.57. The normalized spacial score (nSPS) is 28.3. The number of rotatable bonds is 0. The Morgan fingerprint density at radius 1 is 1.33 bits per heavy atom. The molecular formula is C10H14O2. The monoisotopic (exact) mass is 166 g/mol. The van der Waals surface area contributed by atoms with Crippen molar-refractivity contribution in [3.05, 3.63) is 12.2 Å². The molecule has 0 N–H and O–H groups in total. The first-order chi connectivity index (χ1) is 5.72. The lowest BCUT2D eigenvalue weighted by molar-refractivity contribution is -0.130. The minimum absolute atomic E-state index is 0.0850. The largest absolute Gasteiger partial charge is 0.370 e. The first-order valence-corrected chi connectivity index (χ1v) is 4.57. The molecule has 2 nitrogen and oxygen atoms in total. The van der Waals surface area contributed by atoms with E-state index in [4.69, 9.17) is 4.74 Å². The van der Waals surface area contributed by atoms with Crippen LogP contribution in [0.25, 0.3) is 0 Å². The smallest absolute Gasteiger partial charge is 0.163 e. The molecule has 2 fully saturated rings. The van der Waals surface area contributed by atoms with Gasteiger partial charge in [-0.15, -0.1) is 0 Å². The van der Waals surface area contributed by atoms with Gasteiger partial charge in [0.2, 0.25) is 0 Å². The molecule has 0 amide bonds. The van der Waals surface area contributed by atoms with Gasteiger partial charge in [-0.1, -0.05) is 19.4 Å². The van der Waals surface area contributed by atoms with Crippen molar-refractivity contribution in [2.75, 3.05) is 6.61 Å². The Hall–Kier alpha value is -0.630. The van der Waals surface area contributed by atoms with Crippen molar-refractivity contribution >= 4 is 5.78 Å². The van der Waals surface area contributed by atoms with Crippen molar-refractivity contribution in [2.45, 2.75) is 37.7 Å². The van der Waals surface area contributed by atoms with Gasteiger partial charge in [0.05, 0.1) is 12.2 Å². The zero-order chi connectivity index (χ0) is 8.60. The number of ketones is 1. The summed E-state index contributed by atoms with van der Waals surface area (Å²) in [5.41, 5.74) is 0.561. The molecular weight excluding hydrogens is 152 g/mol. The highest BCUT2D eigenvalue weighted by Crippen LogP contribution is 2.39. The zero-order valence-corrected chi connectivity index (χ0v) is 7.27. The summed E-state index contributed by atoms with van der Waals surface area (Å²) in [6.07, 6.45) is 5.11. The Kier molecular flexibility index (Phi) is 1.80. The van der Waals surface area contributed by atoms with E-state index in [0.29, 0.717) is 18.6 Å². The molecule has 0 aromatic rings. The Morgan fingerprint density at radius 2 is 2.00 bits per heavy atom. The molecule has 0 radical (unpaired) electrons. The Morgan fingerprint density at radius 3 is 2.58 bits per heavy atom. The summed E-state index contributed by atoms with van der Waals surface area (Å²) in [7, 11) is 0. The average molecular weight is 166 g/mol. The van der Waals surface area contributed by atoms with Gasteiger partial charge in [0.1, 0.15) is 0 Å². The van der Waals surface area contributed by atoms with Crippen LogP contribution in [-0.2, 0) is 9.53 Å². The van der Waals surface area contributed by atoms with Crippen LogP contribution < -0.4 is 0 Å². The van der Waals surface area contributed by atoms with Gasteiger partial charge in [-0.3, -0.25) is 4.79 Å². The van der Waals surface area contributed by atoms with Crippen LogP contribution in [0.3, 0.4) is 0 Å². The second kappa shape index (κ2) is 2.70. The Balaban J connectivity index is 2.10. The fraction of sp³-hybridized carbons (Fsp3) is 0.700. The third kappa shape index (κ3) is 1.20. The van der Waals surface area contributed by atoms with E-state index in [1.807, 2.05) is 0 Å². The number of hydrogen-bond acceptors (Lipinski definition) is 2. The van der Waals surface area contributed by atoms with E-state index < -0.39 is 0 Å². The van der Waals surface area contributed by atoms with Crippen molar-refractivity contribution in [1.82, 2.24) is 0 Å². The van der Waals surface area contributed by atoms with Crippen LogP contribution in [0, 0.1) is 0 Å². The van der Waals surface area contributed by atoms with Gasteiger partial charge in [-0.25, -0.2) is 0 Å². The first kappa shape index (κ1) is 7.99. The lowest BCUT2D eigenvalue weighted by Gasteiger charge is -2.33. The van der Waals surface area contributed by atoms with Gasteiger partial charge in [0.25, 0.3) is 0 Å². The molecule has 0 bridgehead atoms. The predicted octanol–water partition coefficient (Wildman–Crippen LogP) is 1.84. The van der Waals surface area contributed by atoms with Crippen molar-refractivity contribution in [3.8, 4) is 0 Å². The lowest BCUT2D eigenvalue weighted by Crippen LogP contribution is -2.38. The topological polar surface area (TPSA) is 26.3 Å². The Labute approximate surface area is 72.6 Å². The summed E-state index contributed by atoms with van der Waals surface area (Å²) in [6.45, 7) is 4.13. The minimum Gasteiger partial charge on any atom is -0.370 e. The van der Waals surface area contributed by atoms with Gasteiger partial charge in [0, 0.05) is 12.0 Å². The number of hydrogen-bond donors (Lipinski definition) is 0. The highest BCUT2D eigenvalue weighted by molar-refractivity contribution is 5.96. The quantitative estimate of drug-likeness (QED) is 0.513. The van der Waals surface area contributed by atoms with E-state index >= 15 is 0 Å². The van der Waals surface area contributed by atoms with Crippen molar-refractivity contribution in [1.29, 1.82) is 0 Å². The summed E-state index contributed by atoms with van der Waals surface area (Å²) in [4.78, 5) is 11.4. The summed E-state index contributed by atoms with van der Waals surface area (Å²) in [6, 6.07) is 0. The van der Waals surface area contributed by atoms with Crippen LogP contribution in [0.15, 0.2) is 12.2 Å². The number of carbonyl (C=O) groups is 1. The molecule has 1 saturated carbocycles. The van der Waals surface area contributed by atoms with Gasteiger partial charge in [0.15, 0.2) is 5.78 Å². The molecule has 66 valence electrons. The second-order valence-electron chi connectivity index (χ2n) is 3.88. The molecule has 1 aliphatic carbocycles. The van der Waals surface area contributed by atoms with E-state index in [1.165, 1.54) is 12.8 Å². The lowest BCUT2D eigenvalue weighted by atomic mass is 9.90. The molecule has 1 heterocycles. The maximum Gasteiger partial charge on any atom is 0.163 e. The second-order valence-corrected chi connectivity index (χ2v) is 3.88. The van der Waals surface area contributed by atoms with Crippen molar-refractivity contribution in [3.63, 3.8) is 0 Å². The predicted molar refractivity (Wildman–Crippen MR) is 45.9 cm³/mol. The molecule has 12 heavy (non-hydrogen) atoms. The highest BCUT2D eigenvalue weighted by atomic mass is 16.5. The van der Waals surface area contributed by atoms with Crippen LogP contribution in [0.5, 0.6) is 0 Å². The average Bonchev–Trinajstić information content (AvgIpc) is 2.47. The van der Waals surface area contributed by atoms with Crippen LogP contribution in [-0.4, -0.2) is 18.0 Å². The SMILES string of the molecule is C=C1COC2(CCCC2)CC1=O. The van der Waals surface area contributed by atoms with E-state index in [1.54, 1.807) is 0 Å². The fourth-order valence-electron chi connectivity index (χ4n) is 2.13. The molecule has 2 rings (SSSR count). The summed E-state index contributed by atoms with van der Waals surface area (Å²) >= 11 is 0. The molecule has 2 aliphatic rings. The van der Waals surface area contributed by atoms with Gasteiger partial charge < -0.3 is 4.74 Å². The molecule has 1 aliphatic heterocycles. The van der Waals surface area contributed by atoms with E-state index in [0.717, 1.165) is 12.8 Å². The molecule has 1 saturated heterocycles. The maximum absolute atomic E-state index is 11.4. The van der Waals surface area contributed by atoms with Crippen LogP contribution in [0.4, 0.5) is 0 Å². The van der Waals surface area contributed by atoms with E-state index in [-0.39, 0.29) is 11.4 Å². The maximum atomic E-state index is 11.4. The van der Waals surface area contributed by atoms with Crippen LogP contribution in [0.1, 0.15) is 32.1 Å². The molecule has 1 spiro atoms.